The summed E-state index contributed by atoms with van der Waals surface area (Å²) in [6.07, 6.45) is 6.98. The summed E-state index contributed by atoms with van der Waals surface area (Å²) in [5.74, 6) is 0. The Hall–Kier alpha value is -0.830. The molecule has 0 radical (unpaired) electrons. The summed E-state index contributed by atoms with van der Waals surface area (Å²) >= 11 is 0. The lowest BCUT2D eigenvalue weighted by molar-refractivity contribution is 0.535. The standard InChI is InChI=1S/C8H13N3/c1-7-4-8(5-10-7)11-3-2-9-6-11/h2-3,6-8,10H,4-5H2,1H3. The van der Waals surface area contributed by atoms with Gasteiger partial charge in [0, 0.05) is 31.0 Å². The first kappa shape index (κ1) is 6.85. The summed E-state index contributed by atoms with van der Waals surface area (Å²) in [5.41, 5.74) is 0. The van der Waals surface area contributed by atoms with Gasteiger partial charge in [0.15, 0.2) is 0 Å². The molecular weight excluding hydrogens is 138 g/mol. The van der Waals surface area contributed by atoms with Crippen LogP contribution in [0.4, 0.5) is 0 Å². The smallest absolute Gasteiger partial charge is 0.0948 e. The zero-order valence-electron chi connectivity index (χ0n) is 6.70. The van der Waals surface area contributed by atoms with Crippen molar-refractivity contribution in [2.24, 2.45) is 0 Å². The van der Waals surface area contributed by atoms with Crippen molar-refractivity contribution in [1.82, 2.24) is 14.9 Å². The topological polar surface area (TPSA) is 29.9 Å². The summed E-state index contributed by atoms with van der Waals surface area (Å²) in [6.45, 7) is 3.30. The van der Waals surface area contributed by atoms with Crippen LogP contribution in [0, 0.1) is 0 Å². The van der Waals surface area contributed by atoms with Crippen molar-refractivity contribution in [3.63, 3.8) is 0 Å². The zero-order chi connectivity index (χ0) is 7.68. The fraction of sp³-hybridized carbons (Fsp3) is 0.625. The van der Waals surface area contributed by atoms with E-state index in [-0.39, 0.29) is 0 Å². The van der Waals surface area contributed by atoms with Crippen molar-refractivity contribution < 1.29 is 0 Å². The molecule has 1 fully saturated rings. The van der Waals surface area contributed by atoms with Gasteiger partial charge in [0.2, 0.25) is 0 Å². The van der Waals surface area contributed by atoms with Gasteiger partial charge in [-0.3, -0.25) is 0 Å². The molecule has 1 aliphatic rings. The maximum Gasteiger partial charge on any atom is 0.0948 e. The molecule has 3 heteroatoms. The van der Waals surface area contributed by atoms with E-state index in [9.17, 15) is 0 Å². The molecule has 1 aromatic heterocycles. The number of rotatable bonds is 1. The van der Waals surface area contributed by atoms with Crippen LogP contribution < -0.4 is 5.32 Å². The Morgan fingerprint density at radius 1 is 1.64 bits per heavy atom. The van der Waals surface area contributed by atoms with Crippen molar-refractivity contribution in [2.45, 2.75) is 25.4 Å². The number of imidazole rings is 1. The van der Waals surface area contributed by atoms with E-state index in [1.807, 2.05) is 18.7 Å². The van der Waals surface area contributed by atoms with Gasteiger partial charge in [-0.15, -0.1) is 0 Å². The second-order valence-electron chi connectivity index (χ2n) is 3.21. The highest BCUT2D eigenvalue weighted by Gasteiger charge is 2.20. The fourth-order valence-electron chi connectivity index (χ4n) is 1.62. The number of hydrogen-bond donors (Lipinski definition) is 1. The van der Waals surface area contributed by atoms with E-state index in [0.29, 0.717) is 12.1 Å². The highest BCUT2D eigenvalue weighted by molar-refractivity contribution is 4.87. The molecule has 11 heavy (non-hydrogen) atoms. The minimum absolute atomic E-state index is 0.618. The molecule has 0 bridgehead atoms. The molecule has 1 aromatic rings. The Morgan fingerprint density at radius 2 is 2.55 bits per heavy atom. The Balaban J connectivity index is 2.08. The SMILES string of the molecule is CC1CC(n2ccnc2)CN1. The molecule has 0 aromatic carbocycles. The van der Waals surface area contributed by atoms with E-state index in [1.165, 1.54) is 6.42 Å². The monoisotopic (exact) mass is 151 g/mol. The van der Waals surface area contributed by atoms with Gasteiger partial charge in [-0.2, -0.15) is 0 Å². The molecule has 0 aliphatic carbocycles. The molecule has 0 amide bonds. The first-order valence-corrected chi connectivity index (χ1v) is 4.07. The summed E-state index contributed by atoms with van der Waals surface area (Å²) in [7, 11) is 0. The van der Waals surface area contributed by atoms with Crippen molar-refractivity contribution in [2.75, 3.05) is 6.54 Å². The lowest BCUT2D eigenvalue weighted by Gasteiger charge is -2.08. The minimum Gasteiger partial charge on any atom is -0.333 e. The quantitative estimate of drug-likeness (QED) is 0.643. The molecule has 2 atom stereocenters. The van der Waals surface area contributed by atoms with Crippen LogP contribution in [0.25, 0.3) is 0 Å². The van der Waals surface area contributed by atoms with E-state index in [2.05, 4.69) is 21.8 Å². The van der Waals surface area contributed by atoms with Crippen LogP contribution in [0.15, 0.2) is 18.7 Å². The van der Waals surface area contributed by atoms with Gasteiger partial charge in [-0.05, 0) is 13.3 Å². The van der Waals surface area contributed by atoms with Gasteiger partial charge in [-0.25, -0.2) is 4.98 Å². The molecule has 1 N–H and O–H groups in total. The van der Waals surface area contributed by atoms with Crippen LogP contribution in [0.5, 0.6) is 0 Å². The molecule has 1 saturated heterocycles. The van der Waals surface area contributed by atoms with Crippen molar-refractivity contribution in [1.29, 1.82) is 0 Å². The highest BCUT2D eigenvalue weighted by Crippen LogP contribution is 2.18. The number of aromatic nitrogens is 2. The van der Waals surface area contributed by atoms with Gasteiger partial charge in [0.25, 0.3) is 0 Å². The van der Waals surface area contributed by atoms with Crippen molar-refractivity contribution >= 4 is 0 Å². The second-order valence-corrected chi connectivity index (χ2v) is 3.21. The second kappa shape index (κ2) is 2.66. The Bertz CT molecular complexity index is 217. The predicted octanol–water partition coefficient (Wildman–Crippen LogP) is 0.806. The summed E-state index contributed by atoms with van der Waals surface area (Å²) in [5, 5.41) is 3.41. The molecule has 1 aliphatic heterocycles. The van der Waals surface area contributed by atoms with E-state index in [0.717, 1.165) is 6.54 Å². The van der Waals surface area contributed by atoms with Crippen LogP contribution in [0.2, 0.25) is 0 Å². The molecule has 2 rings (SSSR count). The van der Waals surface area contributed by atoms with Gasteiger partial charge in [-0.1, -0.05) is 0 Å². The molecule has 60 valence electrons. The minimum atomic E-state index is 0.618. The highest BCUT2D eigenvalue weighted by atomic mass is 15.1. The van der Waals surface area contributed by atoms with Crippen LogP contribution in [0.1, 0.15) is 19.4 Å². The van der Waals surface area contributed by atoms with E-state index in [4.69, 9.17) is 0 Å². The molecule has 3 nitrogen and oxygen atoms in total. The lowest BCUT2D eigenvalue weighted by atomic mass is 10.2. The van der Waals surface area contributed by atoms with Gasteiger partial charge < -0.3 is 9.88 Å². The third-order valence-electron chi connectivity index (χ3n) is 2.27. The average Bonchev–Trinajstić information content (AvgIpc) is 2.55. The summed E-state index contributed by atoms with van der Waals surface area (Å²) in [4.78, 5) is 4.03. The average molecular weight is 151 g/mol. The maximum absolute atomic E-state index is 4.03. The number of hydrogen-bond acceptors (Lipinski definition) is 2. The van der Waals surface area contributed by atoms with Crippen LogP contribution in [-0.2, 0) is 0 Å². The largest absolute Gasteiger partial charge is 0.333 e. The summed E-state index contributed by atoms with van der Waals surface area (Å²) in [6, 6.07) is 1.27. The molecule has 2 heterocycles. The predicted molar refractivity (Wildman–Crippen MR) is 43.3 cm³/mol. The van der Waals surface area contributed by atoms with Gasteiger partial charge in [0.1, 0.15) is 0 Å². The molecule has 2 unspecified atom stereocenters. The third-order valence-corrected chi connectivity index (χ3v) is 2.27. The first-order chi connectivity index (χ1) is 5.36. The van der Waals surface area contributed by atoms with Crippen LogP contribution in [-0.4, -0.2) is 22.1 Å². The normalized spacial score (nSPS) is 31.0. The number of nitrogens with zero attached hydrogens (tertiary/aromatic N) is 2. The van der Waals surface area contributed by atoms with E-state index in [1.54, 1.807) is 0 Å². The Morgan fingerprint density at radius 3 is 3.09 bits per heavy atom. The number of nitrogens with one attached hydrogen (secondary N) is 1. The third kappa shape index (κ3) is 1.28. The van der Waals surface area contributed by atoms with E-state index >= 15 is 0 Å². The molecule has 0 spiro atoms. The van der Waals surface area contributed by atoms with Crippen LogP contribution in [0.3, 0.4) is 0 Å². The van der Waals surface area contributed by atoms with E-state index < -0.39 is 0 Å². The van der Waals surface area contributed by atoms with Crippen molar-refractivity contribution in [3.05, 3.63) is 18.7 Å². The van der Waals surface area contributed by atoms with Gasteiger partial charge >= 0.3 is 0 Å². The summed E-state index contributed by atoms with van der Waals surface area (Å²) < 4.78 is 2.18. The first-order valence-electron chi connectivity index (χ1n) is 4.07. The molecular formula is C8H13N3. The Kier molecular flexibility index (Phi) is 1.66. The van der Waals surface area contributed by atoms with Gasteiger partial charge in [0.05, 0.1) is 6.33 Å². The zero-order valence-corrected chi connectivity index (χ0v) is 6.70. The maximum atomic E-state index is 4.03. The lowest BCUT2D eigenvalue weighted by Crippen LogP contribution is -2.17. The Labute approximate surface area is 66.4 Å². The fourth-order valence-corrected chi connectivity index (χ4v) is 1.62. The van der Waals surface area contributed by atoms with Crippen molar-refractivity contribution in [3.8, 4) is 0 Å². The van der Waals surface area contributed by atoms with Crippen LogP contribution >= 0.6 is 0 Å². The molecule has 0 saturated carbocycles.